The van der Waals surface area contributed by atoms with Crippen LogP contribution in [0.15, 0.2) is 24.3 Å². The molecule has 2 atom stereocenters. The lowest BCUT2D eigenvalue weighted by atomic mass is 9.95. The quantitative estimate of drug-likeness (QED) is 0.903. The van der Waals surface area contributed by atoms with E-state index in [1.165, 1.54) is 12.8 Å². The van der Waals surface area contributed by atoms with Crippen molar-refractivity contribution in [2.45, 2.75) is 25.3 Å². The van der Waals surface area contributed by atoms with E-state index in [-0.39, 0.29) is 17.9 Å². The number of nitrogens with zero attached hydrogens (tertiary/aromatic N) is 1. The summed E-state index contributed by atoms with van der Waals surface area (Å²) in [5.41, 5.74) is 6.96. The van der Waals surface area contributed by atoms with Gasteiger partial charge in [-0.3, -0.25) is 4.79 Å². The number of hydrogen-bond donors (Lipinski definition) is 1. The Morgan fingerprint density at radius 3 is 2.90 bits per heavy atom. The number of benzene rings is 1. The molecule has 4 heteroatoms. The molecule has 1 aromatic carbocycles. The summed E-state index contributed by atoms with van der Waals surface area (Å²) in [5.74, 6) is 1.60. The highest BCUT2D eigenvalue weighted by Crippen LogP contribution is 2.35. The zero-order valence-corrected chi connectivity index (χ0v) is 11.9. The Bertz CT molecular complexity index is 499. The van der Waals surface area contributed by atoms with Crippen LogP contribution in [0.2, 0.25) is 0 Å². The predicted molar refractivity (Wildman–Crippen MR) is 77.5 cm³/mol. The number of likely N-dealkylation sites (N-methyl/N-ethyl adjacent to an activating group) is 1. The van der Waals surface area contributed by atoms with E-state index in [9.17, 15) is 4.79 Å². The molecule has 1 aliphatic heterocycles. The van der Waals surface area contributed by atoms with Gasteiger partial charge in [0.1, 0.15) is 12.4 Å². The topological polar surface area (TPSA) is 55.6 Å². The molecule has 0 bridgehead atoms. The molecule has 0 saturated heterocycles. The minimum atomic E-state index is -0.0808. The summed E-state index contributed by atoms with van der Waals surface area (Å²) in [4.78, 5) is 14.5. The molecule has 0 radical (unpaired) electrons. The zero-order valence-electron chi connectivity index (χ0n) is 11.9. The molecule has 1 aliphatic carbocycles. The Balaban J connectivity index is 1.69. The van der Waals surface area contributed by atoms with Gasteiger partial charge in [0.15, 0.2) is 0 Å². The van der Waals surface area contributed by atoms with Crippen molar-refractivity contribution in [3.8, 4) is 5.75 Å². The van der Waals surface area contributed by atoms with Gasteiger partial charge in [-0.05, 0) is 36.8 Å². The Morgan fingerprint density at radius 2 is 2.20 bits per heavy atom. The summed E-state index contributed by atoms with van der Waals surface area (Å²) in [6, 6.07) is 8.15. The van der Waals surface area contributed by atoms with E-state index >= 15 is 0 Å². The zero-order chi connectivity index (χ0) is 14.1. The Labute approximate surface area is 119 Å². The van der Waals surface area contributed by atoms with Crippen LogP contribution in [0.3, 0.4) is 0 Å². The maximum atomic E-state index is 12.6. The van der Waals surface area contributed by atoms with Gasteiger partial charge in [0.25, 0.3) is 0 Å². The van der Waals surface area contributed by atoms with Crippen LogP contribution in [-0.2, 0) is 11.2 Å². The lowest BCUT2D eigenvalue weighted by Crippen LogP contribution is -2.47. The summed E-state index contributed by atoms with van der Waals surface area (Å²) >= 11 is 0. The smallest absolute Gasteiger partial charge is 0.229 e. The first-order valence-electron chi connectivity index (χ1n) is 7.38. The normalized spacial score (nSPS) is 22.6. The van der Waals surface area contributed by atoms with E-state index in [4.69, 9.17) is 10.5 Å². The van der Waals surface area contributed by atoms with Gasteiger partial charge in [0.2, 0.25) is 5.91 Å². The van der Waals surface area contributed by atoms with Crippen molar-refractivity contribution in [2.24, 2.45) is 17.6 Å². The molecule has 0 spiro atoms. The molecule has 1 saturated carbocycles. The van der Waals surface area contributed by atoms with Gasteiger partial charge in [0.05, 0.1) is 5.92 Å². The highest BCUT2D eigenvalue weighted by Gasteiger charge is 2.37. The number of para-hydroxylation sites is 1. The van der Waals surface area contributed by atoms with Gasteiger partial charge in [-0.15, -0.1) is 0 Å². The van der Waals surface area contributed by atoms with Crippen LogP contribution < -0.4 is 10.5 Å². The van der Waals surface area contributed by atoms with E-state index in [1.54, 1.807) is 0 Å². The maximum absolute atomic E-state index is 12.6. The van der Waals surface area contributed by atoms with Gasteiger partial charge in [-0.1, -0.05) is 18.2 Å². The van der Waals surface area contributed by atoms with E-state index in [0.29, 0.717) is 19.1 Å². The molecule has 4 nitrogen and oxygen atoms in total. The van der Waals surface area contributed by atoms with Crippen LogP contribution in [0.1, 0.15) is 18.4 Å². The number of rotatable bonds is 4. The SMILES string of the molecule is CN(C(=O)C1COc2ccccc2C1)C(CN)C1CC1. The van der Waals surface area contributed by atoms with Crippen molar-refractivity contribution in [3.63, 3.8) is 0 Å². The van der Waals surface area contributed by atoms with Crippen LogP contribution in [0, 0.1) is 11.8 Å². The second kappa shape index (κ2) is 5.44. The highest BCUT2D eigenvalue weighted by atomic mass is 16.5. The molecule has 3 rings (SSSR count). The largest absolute Gasteiger partial charge is 0.492 e. The maximum Gasteiger partial charge on any atom is 0.229 e. The summed E-state index contributed by atoms with van der Waals surface area (Å²) in [7, 11) is 1.89. The van der Waals surface area contributed by atoms with E-state index < -0.39 is 0 Å². The van der Waals surface area contributed by atoms with Crippen molar-refractivity contribution >= 4 is 5.91 Å². The minimum absolute atomic E-state index is 0.0808. The predicted octanol–water partition coefficient (Wildman–Crippen LogP) is 1.43. The molecule has 108 valence electrons. The Morgan fingerprint density at radius 1 is 1.45 bits per heavy atom. The van der Waals surface area contributed by atoms with E-state index in [2.05, 4.69) is 0 Å². The van der Waals surface area contributed by atoms with Gasteiger partial charge >= 0.3 is 0 Å². The molecule has 2 unspecified atom stereocenters. The number of ether oxygens (including phenoxy) is 1. The van der Waals surface area contributed by atoms with Crippen LogP contribution in [-0.4, -0.2) is 37.0 Å². The Hall–Kier alpha value is -1.55. The lowest BCUT2D eigenvalue weighted by molar-refractivity contribution is -0.138. The van der Waals surface area contributed by atoms with Gasteiger partial charge in [-0.25, -0.2) is 0 Å². The van der Waals surface area contributed by atoms with Crippen molar-refractivity contribution < 1.29 is 9.53 Å². The third-order valence-corrected chi connectivity index (χ3v) is 4.48. The molecule has 1 heterocycles. The second-order valence-electron chi connectivity index (χ2n) is 5.91. The summed E-state index contributed by atoms with van der Waals surface area (Å²) in [6.07, 6.45) is 3.16. The van der Waals surface area contributed by atoms with Crippen LogP contribution >= 0.6 is 0 Å². The Kier molecular flexibility index (Phi) is 3.66. The number of amides is 1. The molecule has 1 aromatic rings. The molecule has 20 heavy (non-hydrogen) atoms. The van der Waals surface area contributed by atoms with Gasteiger partial charge < -0.3 is 15.4 Å². The molecule has 2 N–H and O–H groups in total. The number of hydrogen-bond acceptors (Lipinski definition) is 3. The van der Waals surface area contributed by atoms with Crippen molar-refractivity contribution in [1.82, 2.24) is 4.90 Å². The lowest BCUT2D eigenvalue weighted by Gasteiger charge is -2.32. The molecule has 1 amide bonds. The number of carbonyl (C=O) groups excluding carboxylic acids is 1. The first-order chi connectivity index (χ1) is 9.70. The van der Waals surface area contributed by atoms with E-state index in [1.807, 2.05) is 36.2 Å². The van der Waals surface area contributed by atoms with Crippen molar-refractivity contribution in [1.29, 1.82) is 0 Å². The molecule has 1 fully saturated rings. The summed E-state index contributed by atoms with van der Waals surface area (Å²) < 4.78 is 5.72. The van der Waals surface area contributed by atoms with Crippen LogP contribution in [0.25, 0.3) is 0 Å². The first kappa shape index (κ1) is 13.4. The first-order valence-corrected chi connectivity index (χ1v) is 7.38. The third-order valence-electron chi connectivity index (χ3n) is 4.48. The molecule has 0 aromatic heterocycles. The van der Waals surface area contributed by atoms with Gasteiger partial charge in [-0.2, -0.15) is 0 Å². The average molecular weight is 274 g/mol. The third kappa shape index (κ3) is 2.52. The van der Waals surface area contributed by atoms with Gasteiger partial charge in [0, 0.05) is 19.6 Å². The minimum Gasteiger partial charge on any atom is -0.492 e. The monoisotopic (exact) mass is 274 g/mol. The molecular formula is C16H22N2O2. The highest BCUT2D eigenvalue weighted by molar-refractivity contribution is 5.80. The fraction of sp³-hybridized carbons (Fsp3) is 0.562. The second-order valence-corrected chi connectivity index (χ2v) is 5.91. The van der Waals surface area contributed by atoms with Crippen molar-refractivity contribution in [3.05, 3.63) is 29.8 Å². The number of fused-ring (bicyclic) bond motifs is 1. The van der Waals surface area contributed by atoms with E-state index in [0.717, 1.165) is 17.7 Å². The standard InChI is InChI=1S/C16H22N2O2/c1-18(14(9-17)11-6-7-11)16(19)13-8-12-4-2-3-5-15(12)20-10-13/h2-5,11,13-14H,6-10,17H2,1H3. The fourth-order valence-electron chi connectivity index (χ4n) is 3.09. The van der Waals surface area contributed by atoms with Crippen molar-refractivity contribution in [2.75, 3.05) is 20.2 Å². The van der Waals surface area contributed by atoms with Crippen LogP contribution in [0.5, 0.6) is 5.75 Å². The summed E-state index contributed by atoms with van der Waals surface area (Å²) in [6.45, 7) is 1.03. The molecular weight excluding hydrogens is 252 g/mol. The molecule has 2 aliphatic rings. The average Bonchev–Trinajstić information content (AvgIpc) is 3.31. The number of carbonyl (C=O) groups is 1. The number of nitrogens with two attached hydrogens (primary N) is 1. The fourth-order valence-corrected chi connectivity index (χ4v) is 3.09. The van der Waals surface area contributed by atoms with Crippen LogP contribution in [0.4, 0.5) is 0 Å². The summed E-state index contributed by atoms with van der Waals surface area (Å²) in [5, 5.41) is 0.